The number of amides is 1. The molecule has 0 saturated heterocycles. The van der Waals surface area contributed by atoms with Gasteiger partial charge in [-0.3, -0.25) is 10.1 Å². The lowest BCUT2D eigenvalue weighted by Gasteiger charge is -2.09. The summed E-state index contributed by atoms with van der Waals surface area (Å²) < 4.78 is 43.9. The van der Waals surface area contributed by atoms with Gasteiger partial charge in [-0.25, -0.2) is 13.6 Å². The highest BCUT2D eigenvalue weighted by atomic mass is 19.1. The molecule has 0 fully saturated rings. The van der Waals surface area contributed by atoms with Crippen molar-refractivity contribution in [1.29, 1.82) is 0 Å². The van der Waals surface area contributed by atoms with Crippen molar-refractivity contribution in [3.63, 3.8) is 0 Å². The van der Waals surface area contributed by atoms with Gasteiger partial charge in [0, 0.05) is 18.4 Å². The van der Waals surface area contributed by atoms with Crippen molar-refractivity contribution in [3.8, 4) is 11.3 Å². The molecule has 0 unspecified atom stereocenters. The summed E-state index contributed by atoms with van der Waals surface area (Å²) in [4.78, 5) is 24.2. The Morgan fingerprint density at radius 3 is 2.38 bits per heavy atom. The maximum atomic E-state index is 14.5. The molecule has 0 aliphatic heterocycles. The summed E-state index contributed by atoms with van der Waals surface area (Å²) in [5.41, 5.74) is 3.90. The zero-order chi connectivity index (χ0) is 27.8. The number of nitrogens with one attached hydrogen (secondary N) is 1. The SMILES string of the molecule is CCOC(=O)Cc1ccc(F)c(Cc2ccc(-c3onc(C)c3NC(=O)OCCc3ccccc3F)cc2)c1. The minimum absolute atomic E-state index is 0.00132. The average molecular weight is 535 g/mol. The first-order chi connectivity index (χ1) is 18.8. The summed E-state index contributed by atoms with van der Waals surface area (Å²) in [6.07, 6.45) is -0.0820. The Bertz CT molecular complexity index is 1450. The number of aromatic nitrogens is 1. The molecule has 1 aromatic heterocycles. The number of hydrogen-bond acceptors (Lipinski definition) is 6. The van der Waals surface area contributed by atoms with Crippen LogP contribution in [-0.2, 0) is 33.5 Å². The lowest BCUT2D eigenvalue weighted by molar-refractivity contribution is -0.142. The molecule has 0 saturated carbocycles. The molecule has 1 N–H and O–H groups in total. The van der Waals surface area contributed by atoms with Gasteiger partial charge in [0.1, 0.15) is 23.0 Å². The molecule has 7 nitrogen and oxygen atoms in total. The first-order valence-electron chi connectivity index (χ1n) is 12.5. The topological polar surface area (TPSA) is 90.7 Å². The van der Waals surface area contributed by atoms with Crippen LogP contribution in [0, 0.1) is 18.6 Å². The summed E-state index contributed by atoms with van der Waals surface area (Å²) in [5.74, 6) is -0.736. The third kappa shape index (κ3) is 7.28. The van der Waals surface area contributed by atoms with Crippen molar-refractivity contribution in [2.24, 2.45) is 0 Å². The number of rotatable bonds is 10. The molecule has 0 bridgehead atoms. The van der Waals surface area contributed by atoms with E-state index < -0.39 is 6.09 Å². The molecule has 202 valence electrons. The molecule has 3 aromatic carbocycles. The number of esters is 1. The molecular weight excluding hydrogens is 506 g/mol. The number of benzene rings is 3. The van der Waals surface area contributed by atoms with Gasteiger partial charge < -0.3 is 14.0 Å². The Morgan fingerprint density at radius 2 is 1.64 bits per heavy atom. The van der Waals surface area contributed by atoms with Crippen molar-refractivity contribution in [2.75, 3.05) is 18.5 Å². The van der Waals surface area contributed by atoms with Crippen molar-refractivity contribution >= 4 is 17.7 Å². The van der Waals surface area contributed by atoms with Crippen LogP contribution in [0.5, 0.6) is 0 Å². The Kier molecular flexibility index (Phi) is 9.04. The van der Waals surface area contributed by atoms with Crippen LogP contribution in [0.25, 0.3) is 11.3 Å². The minimum Gasteiger partial charge on any atom is -0.466 e. The number of anilines is 1. The number of nitrogens with zero attached hydrogens (tertiary/aromatic N) is 1. The van der Waals surface area contributed by atoms with E-state index in [0.29, 0.717) is 45.8 Å². The number of carbonyl (C=O) groups excluding carboxylic acids is 2. The fourth-order valence-corrected chi connectivity index (χ4v) is 4.05. The van der Waals surface area contributed by atoms with Crippen LogP contribution in [-0.4, -0.2) is 30.4 Å². The van der Waals surface area contributed by atoms with Gasteiger partial charge in [-0.15, -0.1) is 0 Å². The van der Waals surface area contributed by atoms with Crippen LogP contribution in [0.2, 0.25) is 0 Å². The normalized spacial score (nSPS) is 10.8. The Morgan fingerprint density at radius 1 is 0.923 bits per heavy atom. The zero-order valence-electron chi connectivity index (χ0n) is 21.6. The van der Waals surface area contributed by atoms with Crippen molar-refractivity contribution in [2.45, 2.75) is 33.1 Å². The molecule has 9 heteroatoms. The Balaban J connectivity index is 1.40. The largest absolute Gasteiger partial charge is 0.466 e. The fourth-order valence-electron chi connectivity index (χ4n) is 4.05. The monoisotopic (exact) mass is 534 g/mol. The summed E-state index contributed by atoms with van der Waals surface area (Å²) in [7, 11) is 0. The van der Waals surface area contributed by atoms with E-state index in [9.17, 15) is 18.4 Å². The van der Waals surface area contributed by atoms with Gasteiger partial charge in [-0.1, -0.05) is 59.8 Å². The quantitative estimate of drug-likeness (QED) is 0.236. The van der Waals surface area contributed by atoms with Crippen LogP contribution >= 0.6 is 0 Å². The van der Waals surface area contributed by atoms with Gasteiger partial charge in [0.25, 0.3) is 0 Å². The van der Waals surface area contributed by atoms with Crippen molar-refractivity contribution in [1.82, 2.24) is 5.16 Å². The van der Waals surface area contributed by atoms with E-state index in [1.54, 1.807) is 56.3 Å². The maximum Gasteiger partial charge on any atom is 0.411 e. The first-order valence-corrected chi connectivity index (χ1v) is 12.5. The summed E-state index contributed by atoms with van der Waals surface area (Å²) in [6.45, 7) is 3.71. The summed E-state index contributed by atoms with van der Waals surface area (Å²) >= 11 is 0. The number of hydrogen-bond donors (Lipinski definition) is 1. The van der Waals surface area contributed by atoms with Gasteiger partial charge in [0.2, 0.25) is 0 Å². The number of carbonyl (C=O) groups is 2. The summed E-state index contributed by atoms with van der Waals surface area (Å²) in [6, 6.07) is 18.1. The fraction of sp³-hybridized carbons (Fsp3) is 0.233. The van der Waals surface area contributed by atoms with E-state index in [1.807, 2.05) is 12.1 Å². The molecule has 0 aliphatic rings. The van der Waals surface area contributed by atoms with Crippen LogP contribution in [0.1, 0.15) is 34.9 Å². The predicted octanol–water partition coefficient (Wildman–Crippen LogP) is 6.42. The van der Waals surface area contributed by atoms with E-state index in [2.05, 4.69) is 10.5 Å². The predicted molar refractivity (Wildman–Crippen MR) is 141 cm³/mol. The molecule has 0 aliphatic carbocycles. The molecule has 0 radical (unpaired) electrons. The molecule has 0 atom stereocenters. The second-order valence-electron chi connectivity index (χ2n) is 8.86. The highest BCUT2D eigenvalue weighted by molar-refractivity contribution is 5.90. The highest BCUT2D eigenvalue weighted by Crippen LogP contribution is 2.31. The summed E-state index contributed by atoms with van der Waals surface area (Å²) in [5, 5.41) is 6.60. The van der Waals surface area contributed by atoms with Gasteiger partial charge in [0.15, 0.2) is 5.76 Å². The van der Waals surface area contributed by atoms with Crippen LogP contribution < -0.4 is 5.32 Å². The molecule has 1 amide bonds. The molecular formula is C30H28F2N2O5. The second-order valence-corrected chi connectivity index (χ2v) is 8.86. The van der Waals surface area contributed by atoms with Gasteiger partial charge in [-0.2, -0.15) is 0 Å². The van der Waals surface area contributed by atoms with Crippen molar-refractivity contribution < 1.29 is 32.4 Å². The van der Waals surface area contributed by atoms with Gasteiger partial charge >= 0.3 is 12.1 Å². The van der Waals surface area contributed by atoms with Gasteiger partial charge in [0.05, 0.1) is 19.6 Å². The van der Waals surface area contributed by atoms with E-state index in [1.165, 1.54) is 12.1 Å². The van der Waals surface area contributed by atoms with Crippen LogP contribution in [0.3, 0.4) is 0 Å². The standard InChI is InChI=1S/C30H28F2N2O5/c1-3-37-27(35)18-21-10-13-26(32)24(17-21)16-20-8-11-23(12-9-20)29-28(19(2)34-39-29)33-30(36)38-15-14-22-6-4-5-7-25(22)31/h4-13,17H,3,14-16,18H2,1-2H3,(H,33,36). The number of halogens is 2. The van der Waals surface area contributed by atoms with Gasteiger partial charge in [-0.05, 0) is 48.2 Å². The zero-order valence-corrected chi connectivity index (χ0v) is 21.6. The molecule has 39 heavy (non-hydrogen) atoms. The van der Waals surface area contributed by atoms with Crippen LogP contribution in [0.15, 0.2) is 71.3 Å². The first kappa shape index (κ1) is 27.5. The molecule has 1 heterocycles. The Labute approximate surface area is 224 Å². The minimum atomic E-state index is -0.714. The average Bonchev–Trinajstić information content (AvgIpc) is 3.27. The van der Waals surface area contributed by atoms with E-state index >= 15 is 0 Å². The van der Waals surface area contributed by atoms with E-state index in [4.69, 9.17) is 14.0 Å². The third-order valence-electron chi connectivity index (χ3n) is 6.03. The molecule has 0 spiro atoms. The van der Waals surface area contributed by atoms with Crippen molar-refractivity contribution in [3.05, 3.63) is 106 Å². The molecule has 4 aromatic rings. The third-order valence-corrected chi connectivity index (χ3v) is 6.03. The lowest BCUT2D eigenvalue weighted by Crippen LogP contribution is -2.16. The smallest absolute Gasteiger partial charge is 0.411 e. The lowest BCUT2D eigenvalue weighted by atomic mass is 9.99. The van der Waals surface area contributed by atoms with E-state index in [-0.39, 0.29) is 43.7 Å². The molecule has 4 rings (SSSR count). The number of aryl methyl sites for hydroxylation is 1. The second kappa shape index (κ2) is 12.8. The van der Waals surface area contributed by atoms with Crippen LogP contribution in [0.4, 0.5) is 19.3 Å². The Hall–Kier alpha value is -4.53. The van der Waals surface area contributed by atoms with E-state index in [0.717, 1.165) is 5.56 Å². The highest BCUT2D eigenvalue weighted by Gasteiger charge is 2.18. The number of ether oxygens (including phenoxy) is 2. The maximum absolute atomic E-state index is 14.5.